The molecule has 0 spiro atoms. The molecule has 0 unspecified atom stereocenters. The van der Waals surface area contributed by atoms with E-state index in [2.05, 4.69) is 5.32 Å². The van der Waals surface area contributed by atoms with Crippen molar-refractivity contribution in [1.82, 2.24) is 15.1 Å². The second-order valence-electron chi connectivity index (χ2n) is 6.99. The number of nitrogens with zero attached hydrogens (tertiary/aromatic N) is 3. The zero-order chi connectivity index (χ0) is 18.0. The number of phenolic OH excluding ortho intramolecular Hbond substituents is 1. The first-order chi connectivity index (χ1) is 12.0. The van der Waals surface area contributed by atoms with E-state index in [-0.39, 0.29) is 29.9 Å². The smallest absolute Gasteiger partial charge is 0.242 e. The summed E-state index contributed by atoms with van der Waals surface area (Å²) in [6, 6.07) is 4.41. The van der Waals surface area contributed by atoms with Gasteiger partial charge < -0.3 is 20.2 Å². The highest BCUT2D eigenvalue weighted by Crippen LogP contribution is 2.28. The normalized spacial score (nSPS) is 18.0. The van der Waals surface area contributed by atoms with Crippen LogP contribution in [0.15, 0.2) is 17.1 Å². The summed E-state index contributed by atoms with van der Waals surface area (Å²) in [6.45, 7) is 9.13. The summed E-state index contributed by atoms with van der Waals surface area (Å²) < 4.78 is 0. The molecule has 0 radical (unpaired) electrons. The summed E-state index contributed by atoms with van der Waals surface area (Å²) in [5.74, 6) is 1.34. The molecule has 144 valence electrons. The number of piperazine rings is 1. The van der Waals surface area contributed by atoms with E-state index in [4.69, 9.17) is 4.99 Å². The number of guanidine groups is 1. The predicted octanol–water partition coefficient (Wildman–Crippen LogP) is 2.40. The van der Waals surface area contributed by atoms with Crippen LogP contribution in [0.4, 0.5) is 0 Å². The Labute approximate surface area is 172 Å². The number of benzene rings is 1. The van der Waals surface area contributed by atoms with Crippen molar-refractivity contribution in [3.63, 3.8) is 0 Å². The molecular weight excluding hydrogens is 443 g/mol. The fraction of sp³-hybridized carbons (Fsp3) is 0.579. The zero-order valence-corrected chi connectivity index (χ0v) is 18.1. The van der Waals surface area contributed by atoms with Gasteiger partial charge in [0.05, 0.1) is 13.1 Å². The SMILES string of the molecule is CCNC(=NCc1cc(C)c(O)c(C)c1)N1CCN(C2CC2)C(=O)C1.I. The Bertz CT molecular complexity index is 665. The molecular formula is C19H29IN4O2. The Kier molecular flexibility index (Phi) is 7.14. The number of carbonyl (C=O) groups is 1. The van der Waals surface area contributed by atoms with Crippen LogP contribution in [0.2, 0.25) is 0 Å². The van der Waals surface area contributed by atoms with E-state index in [0.29, 0.717) is 24.9 Å². The van der Waals surface area contributed by atoms with Crippen LogP contribution >= 0.6 is 24.0 Å². The van der Waals surface area contributed by atoms with Gasteiger partial charge in [-0.25, -0.2) is 4.99 Å². The van der Waals surface area contributed by atoms with E-state index in [1.807, 2.05) is 42.7 Å². The molecule has 1 aliphatic heterocycles. The number of hydrogen-bond donors (Lipinski definition) is 2. The first kappa shape index (κ1) is 20.8. The maximum Gasteiger partial charge on any atom is 0.242 e. The van der Waals surface area contributed by atoms with E-state index >= 15 is 0 Å². The van der Waals surface area contributed by atoms with Crippen molar-refractivity contribution in [2.24, 2.45) is 4.99 Å². The summed E-state index contributed by atoms with van der Waals surface area (Å²) in [4.78, 5) is 21.2. The Hall–Kier alpha value is -1.51. The van der Waals surface area contributed by atoms with E-state index < -0.39 is 0 Å². The first-order valence-corrected chi connectivity index (χ1v) is 9.11. The lowest BCUT2D eigenvalue weighted by Gasteiger charge is -2.36. The second-order valence-corrected chi connectivity index (χ2v) is 6.99. The van der Waals surface area contributed by atoms with Gasteiger partial charge >= 0.3 is 0 Å². The zero-order valence-electron chi connectivity index (χ0n) is 15.8. The number of carbonyl (C=O) groups excluding carboxylic acids is 1. The number of aliphatic imine (C=N–C) groups is 1. The van der Waals surface area contributed by atoms with Crippen molar-refractivity contribution in [3.8, 4) is 5.75 Å². The molecule has 1 heterocycles. The summed E-state index contributed by atoms with van der Waals surface area (Å²) in [5, 5.41) is 13.2. The molecule has 1 aromatic rings. The van der Waals surface area contributed by atoms with Gasteiger partial charge in [-0.05, 0) is 50.3 Å². The first-order valence-electron chi connectivity index (χ1n) is 9.11. The average molecular weight is 472 g/mol. The predicted molar refractivity (Wildman–Crippen MR) is 114 cm³/mol. The van der Waals surface area contributed by atoms with Gasteiger partial charge in [-0.2, -0.15) is 0 Å². The van der Waals surface area contributed by atoms with E-state index in [9.17, 15) is 9.90 Å². The number of hydrogen-bond acceptors (Lipinski definition) is 3. The molecule has 26 heavy (non-hydrogen) atoms. The van der Waals surface area contributed by atoms with Gasteiger partial charge in [0, 0.05) is 25.7 Å². The van der Waals surface area contributed by atoms with Crippen LogP contribution in [0.3, 0.4) is 0 Å². The third kappa shape index (κ3) is 4.81. The fourth-order valence-electron chi connectivity index (χ4n) is 3.37. The van der Waals surface area contributed by atoms with Crippen molar-refractivity contribution < 1.29 is 9.90 Å². The molecule has 2 aliphatic rings. The van der Waals surface area contributed by atoms with Crippen LogP contribution in [-0.4, -0.2) is 59.0 Å². The Morgan fingerprint density at radius 1 is 1.27 bits per heavy atom. The maximum absolute atomic E-state index is 12.4. The van der Waals surface area contributed by atoms with E-state index in [1.165, 1.54) is 0 Å². The van der Waals surface area contributed by atoms with Gasteiger partial charge in [0.1, 0.15) is 5.75 Å². The van der Waals surface area contributed by atoms with Crippen molar-refractivity contribution in [3.05, 3.63) is 28.8 Å². The number of phenols is 1. The second kappa shape index (κ2) is 8.92. The highest BCUT2D eigenvalue weighted by molar-refractivity contribution is 14.0. The topological polar surface area (TPSA) is 68.2 Å². The summed E-state index contributed by atoms with van der Waals surface area (Å²) in [6.07, 6.45) is 2.30. The maximum atomic E-state index is 12.4. The van der Waals surface area contributed by atoms with Crippen molar-refractivity contribution in [2.45, 2.75) is 46.2 Å². The standard InChI is InChI=1S/C19H28N4O2.HI/c1-4-20-19(21-11-15-9-13(2)18(25)14(3)10-15)22-7-8-23(16-5-6-16)17(24)12-22;/h9-10,16,25H,4-8,11-12H2,1-3H3,(H,20,21);1H. The van der Waals surface area contributed by atoms with Crippen LogP contribution in [0, 0.1) is 13.8 Å². The molecule has 2 N–H and O–H groups in total. The number of nitrogens with one attached hydrogen (secondary N) is 1. The molecule has 1 saturated carbocycles. The minimum absolute atomic E-state index is 0. The molecule has 0 bridgehead atoms. The molecule has 1 aliphatic carbocycles. The molecule has 0 atom stereocenters. The Balaban J connectivity index is 0.00000243. The molecule has 1 amide bonds. The van der Waals surface area contributed by atoms with Crippen LogP contribution in [0.25, 0.3) is 0 Å². The molecule has 3 rings (SSSR count). The Morgan fingerprint density at radius 3 is 2.46 bits per heavy atom. The molecule has 1 aromatic carbocycles. The van der Waals surface area contributed by atoms with Gasteiger partial charge in [-0.3, -0.25) is 4.79 Å². The number of amides is 1. The fourth-order valence-corrected chi connectivity index (χ4v) is 3.37. The summed E-state index contributed by atoms with van der Waals surface area (Å²) >= 11 is 0. The third-order valence-corrected chi connectivity index (χ3v) is 4.84. The largest absolute Gasteiger partial charge is 0.507 e. The van der Waals surface area contributed by atoms with Gasteiger partial charge in [-0.15, -0.1) is 24.0 Å². The van der Waals surface area contributed by atoms with Gasteiger partial charge in [0.15, 0.2) is 5.96 Å². The third-order valence-electron chi connectivity index (χ3n) is 4.84. The lowest BCUT2D eigenvalue weighted by Crippen LogP contribution is -2.55. The summed E-state index contributed by atoms with van der Waals surface area (Å²) in [5.41, 5.74) is 2.79. The van der Waals surface area contributed by atoms with Gasteiger partial charge in [-0.1, -0.05) is 12.1 Å². The van der Waals surface area contributed by atoms with Gasteiger partial charge in [0.25, 0.3) is 0 Å². The van der Waals surface area contributed by atoms with E-state index in [0.717, 1.165) is 55.1 Å². The lowest BCUT2D eigenvalue weighted by atomic mass is 10.1. The Morgan fingerprint density at radius 2 is 1.92 bits per heavy atom. The molecule has 2 fully saturated rings. The molecule has 1 saturated heterocycles. The monoisotopic (exact) mass is 472 g/mol. The average Bonchev–Trinajstić information content (AvgIpc) is 3.41. The van der Waals surface area contributed by atoms with E-state index in [1.54, 1.807) is 0 Å². The lowest BCUT2D eigenvalue weighted by molar-refractivity contribution is -0.135. The number of aromatic hydroxyl groups is 1. The van der Waals surface area contributed by atoms with Crippen LogP contribution in [0.5, 0.6) is 5.75 Å². The minimum Gasteiger partial charge on any atom is -0.507 e. The number of rotatable bonds is 4. The van der Waals surface area contributed by atoms with Gasteiger partial charge in [0.2, 0.25) is 5.91 Å². The van der Waals surface area contributed by atoms with Crippen molar-refractivity contribution >= 4 is 35.8 Å². The van der Waals surface area contributed by atoms with Crippen LogP contribution < -0.4 is 5.32 Å². The molecule has 6 nitrogen and oxygen atoms in total. The molecule has 7 heteroatoms. The summed E-state index contributed by atoms with van der Waals surface area (Å²) in [7, 11) is 0. The van der Waals surface area contributed by atoms with Crippen molar-refractivity contribution in [2.75, 3.05) is 26.2 Å². The quantitative estimate of drug-likeness (QED) is 0.401. The van der Waals surface area contributed by atoms with Crippen LogP contribution in [0.1, 0.15) is 36.5 Å². The van der Waals surface area contributed by atoms with Crippen LogP contribution in [-0.2, 0) is 11.3 Å². The minimum atomic E-state index is 0. The highest BCUT2D eigenvalue weighted by atomic mass is 127. The number of halogens is 1. The highest BCUT2D eigenvalue weighted by Gasteiger charge is 2.36. The van der Waals surface area contributed by atoms with Crippen molar-refractivity contribution in [1.29, 1.82) is 0 Å². The number of aryl methyl sites for hydroxylation is 2. The molecule has 0 aromatic heterocycles.